The molecule has 0 fully saturated rings. The average Bonchev–Trinajstić information content (AvgIpc) is 2.46. The number of hydrogen-bond donors (Lipinski definition) is 0. The first-order valence-corrected chi connectivity index (χ1v) is 8.83. The molecule has 1 unspecified atom stereocenters. The van der Waals surface area contributed by atoms with E-state index >= 15 is 0 Å². The average molecular weight is 356 g/mol. The van der Waals surface area contributed by atoms with Crippen molar-refractivity contribution in [3.05, 3.63) is 22.4 Å². The van der Waals surface area contributed by atoms with Gasteiger partial charge < -0.3 is 0 Å². The number of aryl methyl sites for hydroxylation is 1. The molecule has 2 rings (SSSR count). The van der Waals surface area contributed by atoms with Gasteiger partial charge in [-0.2, -0.15) is 18.4 Å². The van der Waals surface area contributed by atoms with Crippen molar-refractivity contribution < 1.29 is 18.0 Å². The number of carbonyl (C=O) groups is 1. The normalized spacial score (nSPS) is 16.5. The zero-order chi connectivity index (χ0) is 17.9. The second kappa shape index (κ2) is 7.56. The van der Waals surface area contributed by atoms with Crippen molar-refractivity contribution in [3.63, 3.8) is 0 Å². The van der Waals surface area contributed by atoms with E-state index in [4.69, 9.17) is 0 Å². The van der Waals surface area contributed by atoms with Gasteiger partial charge in [0, 0.05) is 5.69 Å². The van der Waals surface area contributed by atoms with Gasteiger partial charge in [0.2, 0.25) is 0 Å². The SMILES string of the molecule is CC(=O)C(C)Sc1nc2c(c(C(F)(F)F)c1C#N)CCCCCC2. The van der Waals surface area contributed by atoms with Gasteiger partial charge in [0.05, 0.1) is 16.4 Å². The van der Waals surface area contributed by atoms with Gasteiger partial charge in [-0.3, -0.25) is 4.79 Å². The summed E-state index contributed by atoms with van der Waals surface area (Å²) in [6, 6.07) is 1.69. The zero-order valence-electron chi connectivity index (χ0n) is 13.7. The highest BCUT2D eigenvalue weighted by molar-refractivity contribution is 8.00. The van der Waals surface area contributed by atoms with Crippen molar-refractivity contribution in [1.82, 2.24) is 4.98 Å². The lowest BCUT2D eigenvalue weighted by Gasteiger charge is -2.22. The smallest absolute Gasteiger partial charge is 0.299 e. The Bertz CT molecular complexity index is 680. The van der Waals surface area contributed by atoms with Crippen LogP contribution in [0.25, 0.3) is 0 Å². The third kappa shape index (κ3) is 4.10. The number of aromatic nitrogens is 1. The zero-order valence-corrected chi connectivity index (χ0v) is 14.5. The molecule has 1 heterocycles. The number of Topliss-reactive ketones (excluding diaryl/α,β-unsaturated/α-hetero) is 1. The number of fused-ring (bicyclic) bond motifs is 1. The number of alkyl halides is 3. The molecule has 0 aromatic carbocycles. The van der Waals surface area contributed by atoms with E-state index in [1.807, 2.05) is 0 Å². The molecule has 1 aromatic heterocycles. The third-order valence-corrected chi connectivity index (χ3v) is 5.40. The van der Waals surface area contributed by atoms with Crippen molar-refractivity contribution in [1.29, 1.82) is 5.26 Å². The van der Waals surface area contributed by atoms with E-state index in [2.05, 4.69) is 4.98 Å². The molecular weight excluding hydrogens is 337 g/mol. The van der Waals surface area contributed by atoms with Crippen LogP contribution in [0.2, 0.25) is 0 Å². The molecule has 7 heteroatoms. The van der Waals surface area contributed by atoms with Crippen LogP contribution in [0.15, 0.2) is 5.03 Å². The Morgan fingerprint density at radius 1 is 1.25 bits per heavy atom. The summed E-state index contributed by atoms with van der Waals surface area (Å²) >= 11 is 0.935. The molecule has 1 atom stereocenters. The van der Waals surface area contributed by atoms with Gasteiger partial charge in [-0.15, -0.1) is 0 Å². The number of nitriles is 1. The van der Waals surface area contributed by atoms with Crippen LogP contribution in [0, 0.1) is 11.3 Å². The van der Waals surface area contributed by atoms with E-state index in [0.717, 1.165) is 31.0 Å². The van der Waals surface area contributed by atoms with Crippen molar-refractivity contribution >= 4 is 17.5 Å². The molecule has 1 aliphatic carbocycles. The number of pyridine rings is 1. The third-order valence-electron chi connectivity index (χ3n) is 4.20. The Labute approximate surface area is 143 Å². The first kappa shape index (κ1) is 18.8. The molecule has 0 spiro atoms. The van der Waals surface area contributed by atoms with Gasteiger partial charge in [0.15, 0.2) is 0 Å². The quantitative estimate of drug-likeness (QED) is 0.737. The predicted molar refractivity (Wildman–Crippen MR) is 85.8 cm³/mol. The van der Waals surface area contributed by atoms with Gasteiger partial charge in [-0.25, -0.2) is 4.98 Å². The van der Waals surface area contributed by atoms with Crippen molar-refractivity contribution in [2.45, 2.75) is 68.8 Å². The van der Waals surface area contributed by atoms with Gasteiger partial charge in [-0.1, -0.05) is 24.6 Å². The molecule has 24 heavy (non-hydrogen) atoms. The lowest BCUT2D eigenvalue weighted by Crippen LogP contribution is -2.19. The molecule has 0 aliphatic heterocycles. The molecule has 1 aromatic rings. The molecule has 0 amide bonds. The Hall–Kier alpha value is -1.55. The fourth-order valence-electron chi connectivity index (χ4n) is 2.82. The highest BCUT2D eigenvalue weighted by Crippen LogP contribution is 2.41. The van der Waals surface area contributed by atoms with Crippen LogP contribution in [0.4, 0.5) is 13.2 Å². The molecular formula is C17H19F3N2OS. The molecule has 0 N–H and O–H groups in total. The van der Waals surface area contributed by atoms with Crippen LogP contribution in [0.5, 0.6) is 0 Å². The van der Waals surface area contributed by atoms with Gasteiger partial charge in [-0.05, 0) is 45.1 Å². The van der Waals surface area contributed by atoms with Crippen molar-refractivity contribution in [2.24, 2.45) is 0 Å². The van der Waals surface area contributed by atoms with Crippen LogP contribution in [0.1, 0.15) is 61.9 Å². The Kier molecular flexibility index (Phi) is 5.92. The lowest BCUT2D eigenvalue weighted by molar-refractivity contribution is -0.138. The van der Waals surface area contributed by atoms with E-state index < -0.39 is 22.6 Å². The summed E-state index contributed by atoms with van der Waals surface area (Å²) in [5.74, 6) is -0.161. The van der Waals surface area contributed by atoms with E-state index in [-0.39, 0.29) is 16.4 Å². The highest BCUT2D eigenvalue weighted by atomic mass is 32.2. The lowest BCUT2D eigenvalue weighted by atomic mass is 9.91. The monoisotopic (exact) mass is 356 g/mol. The van der Waals surface area contributed by atoms with E-state index in [1.54, 1.807) is 13.0 Å². The van der Waals surface area contributed by atoms with E-state index in [1.165, 1.54) is 6.92 Å². The first-order valence-electron chi connectivity index (χ1n) is 7.95. The molecule has 0 saturated carbocycles. The summed E-state index contributed by atoms with van der Waals surface area (Å²) in [6.07, 6.45) is -0.531. The number of thioether (sulfide) groups is 1. The number of carbonyl (C=O) groups excluding carboxylic acids is 1. The molecule has 0 bridgehead atoms. The molecule has 3 nitrogen and oxygen atoms in total. The van der Waals surface area contributed by atoms with Crippen LogP contribution < -0.4 is 0 Å². The molecule has 1 aliphatic rings. The number of halogens is 3. The predicted octanol–water partition coefficient (Wildman–Crippen LogP) is 4.70. The van der Waals surface area contributed by atoms with Crippen LogP contribution in [0.3, 0.4) is 0 Å². The molecule has 130 valence electrons. The maximum Gasteiger partial charge on any atom is 0.418 e. The fraction of sp³-hybridized carbons (Fsp3) is 0.588. The minimum Gasteiger partial charge on any atom is -0.299 e. The minimum atomic E-state index is -4.61. The van der Waals surface area contributed by atoms with Crippen molar-refractivity contribution in [3.8, 4) is 6.07 Å². The number of rotatable bonds is 3. The number of ketones is 1. The minimum absolute atomic E-state index is 0.0202. The van der Waals surface area contributed by atoms with Gasteiger partial charge in [0.25, 0.3) is 0 Å². The summed E-state index contributed by atoms with van der Waals surface area (Å²) < 4.78 is 41.0. The Balaban J connectivity index is 2.66. The Morgan fingerprint density at radius 2 is 1.88 bits per heavy atom. The number of hydrogen-bond acceptors (Lipinski definition) is 4. The van der Waals surface area contributed by atoms with Gasteiger partial charge >= 0.3 is 6.18 Å². The van der Waals surface area contributed by atoms with E-state index in [0.29, 0.717) is 25.0 Å². The summed E-state index contributed by atoms with van der Waals surface area (Å²) in [5, 5.41) is 8.83. The van der Waals surface area contributed by atoms with Crippen LogP contribution >= 0.6 is 11.8 Å². The first-order chi connectivity index (χ1) is 11.3. The summed E-state index contributed by atoms with van der Waals surface area (Å²) in [5.41, 5.74) is -0.701. The fourth-order valence-corrected chi connectivity index (χ4v) is 3.75. The maximum absolute atomic E-state index is 13.7. The second-order valence-corrected chi connectivity index (χ2v) is 7.32. The van der Waals surface area contributed by atoms with E-state index in [9.17, 15) is 23.2 Å². The molecule has 0 radical (unpaired) electrons. The number of nitrogens with zero attached hydrogens (tertiary/aromatic N) is 2. The standard InChI is InChI=1S/C17H19F3N2OS/c1-10(23)11(2)24-16-13(9-21)15(17(18,19)20)12-7-5-3-4-6-8-14(12)22-16/h11H,3-8H2,1-2H3. The summed E-state index contributed by atoms with van der Waals surface area (Å²) in [4.78, 5) is 15.8. The topological polar surface area (TPSA) is 53.8 Å². The summed E-state index contributed by atoms with van der Waals surface area (Å²) in [7, 11) is 0. The maximum atomic E-state index is 13.7. The summed E-state index contributed by atoms with van der Waals surface area (Å²) in [6.45, 7) is 2.99. The van der Waals surface area contributed by atoms with Crippen LogP contribution in [-0.4, -0.2) is 16.0 Å². The van der Waals surface area contributed by atoms with Crippen molar-refractivity contribution in [2.75, 3.05) is 0 Å². The highest BCUT2D eigenvalue weighted by Gasteiger charge is 2.39. The van der Waals surface area contributed by atoms with Gasteiger partial charge in [0.1, 0.15) is 16.9 Å². The second-order valence-electron chi connectivity index (χ2n) is 5.99. The molecule has 0 saturated heterocycles. The van der Waals surface area contributed by atoms with Crippen LogP contribution in [-0.2, 0) is 23.8 Å². The largest absolute Gasteiger partial charge is 0.418 e. The Morgan fingerprint density at radius 3 is 2.42 bits per heavy atom.